The Kier molecular flexibility index (Phi) is 4.86. The highest BCUT2D eigenvalue weighted by molar-refractivity contribution is 7.19. The van der Waals surface area contributed by atoms with Crippen molar-refractivity contribution in [2.45, 2.75) is 19.9 Å². The molecule has 4 aromatic rings. The van der Waals surface area contributed by atoms with E-state index in [-0.39, 0.29) is 12.1 Å². The summed E-state index contributed by atoms with van der Waals surface area (Å²) in [5.74, 6) is 0.609. The molecule has 0 radical (unpaired) electrons. The van der Waals surface area contributed by atoms with E-state index in [0.717, 1.165) is 26.4 Å². The van der Waals surface area contributed by atoms with Crippen molar-refractivity contribution in [2.24, 2.45) is 0 Å². The Bertz CT molecular complexity index is 1130. The molecule has 0 spiro atoms. The number of aromatic nitrogens is 2. The summed E-state index contributed by atoms with van der Waals surface area (Å²) in [5.41, 5.74) is 2.79. The Labute approximate surface area is 160 Å². The third-order valence-corrected chi connectivity index (χ3v) is 5.64. The van der Waals surface area contributed by atoms with Crippen LogP contribution in [0.15, 0.2) is 65.5 Å². The molecule has 0 unspecified atom stereocenters. The van der Waals surface area contributed by atoms with Gasteiger partial charge in [0.25, 0.3) is 5.56 Å². The van der Waals surface area contributed by atoms with E-state index in [1.54, 1.807) is 0 Å². The quantitative estimate of drug-likeness (QED) is 0.490. The lowest BCUT2D eigenvalue weighted by Crippen LogP contribution is -2.26. The SMILES string of the molecule is Cc1sc2nc(Cc3ccccc3)n(CCF)c(=O)c2c1-c1ccccc1. The average Bonchev–Trinajstić information content (AvgIpc) is 3.02. The summed E-state index contributed by atoms with van der Waals surface area (Å²) in [6.45, 7) is 1.43. The molecular weight excluding hydrogens is 359 g/mol. The monoisotopic (exact) mass is 378 g/mol. The maximum atomic E-state index is 13.3. The van der Waals surface area contributed by atoms with Gasteiger partial charge in [0.1, 0.15) is 17.3 Å². The van der Waals surface area contributed by atoms with Crippen molar-refractivity contribution in [3.8, 4) is 11.1 Å². The number of hydrogen-bond acceptors (Lipinski definition) is 3. The number of hydrogen-bond donors (Lipinski definition) is 0. The van der Waals surface area contributed by atoms with Gasteiger partial charge in [-0.2, -0.15) is 0 Å². The molecule has 27 heavy (non-hydrogen) atoms. The van der Waals surface area contributed by atoms with E-state index in [2.05, 4.69) is 0 Å². The fourth-order valence-corrected chi connectivity index (χ4v) is 4.47. The van der Waals surface area contributed by atoms with Crippen LogP contribution < -0.4 is 5.56 Å². The fraction of sp³-hybridized carbons (Fsp3) is 0.182. The first-order chi connectivity index (χ1) is 13.2. The summed E-state index contributed by atoms with van der Waals surface area (Å²) in [6, 6.07) is 19.7. The van der Waals surface area contributed by atoms with Gasteiger partial charge in [0.2, 0.25) is 0 Å². The Hall–Kier alpha value is -2.79. The van der Waals surface area contributed by atoms with Crippen molar-refractivity contribution in [1.29, 1.82) is 0 Å². The Morgan fingerprint density at radius 2 is 1.70 bits per heavy atom. The highest BCUT2D eigenvalue weighted by atomic mass is 32.1. The van der Waals surface area contributed by atoms with Crippen LogP contribution in [0.25, 0.3) is 21.3 Å². The fourth-order valence-electron chi connectivity index (χ4n) is 3.42. The van der Waals surface area contributed by atoms with E-state index >= 15 is 0 Å². The van der Waals surface area contributed by atoms with Gasteiger partial charge < -0.3 is 0 Å². The second kappa shape index (κ2) is 7.45. The van der Waals surface area contributed by atoms with E-state index < -0.39 is 6.67 Å². The summed E-state index contributed by atoms with van der Waals surface area (Å²) >= 11 is 1.52. The number of rotatable bonds is 5. The van der Waals surface area contributed by atoms with Crippen molar-refractivity contribution in [3.63, 3.8) is 0 Å². The molecular formula is C22H19FN2OS. The molecule has 2 aromatic carbocycles. The molecule has 4 rings (SSSR count). The van der Waals surface area contributed by atoms with Crippen molar-refractivity contribution in [1.82, 2.24) is 9.55 Å². The average molecular weight is 378 g/mol. The van der Waals surface area contributed by atoms with E-state index in [1.165, 1.54) is 15.9 Å². The molecule has 2 heterocycles. The van der Waals surface area contributed by atoms with Crippen LogP contribution in [0, 0.1) is 6.92 Å². The van der Waals surface area contributed by atoms with Crippen molar-refractivity contribution in [2.75, 3.05) is 6.67 Å². The van der Waals surface area contributed by atoms with Gasteiger partial charge in [-0.1, -0.05) is 60.7 Å². The van der Waals surface area contributed by atoms with Gasteiger partial charge in [-0.25, -0.2) is 9.37 Å². The number of nitrogens with zero attached hydrogens (tertiary/aromatic N) is 2. The maximum Gasteiger partial charge on any atom is 0.263 e. The van der Waals surface area contributed by atoms with Crippen LogP contribution in [0.5, 0.6) is 0 Å². The Balaban J connectivity index is 1.94. The molecule has 0 atom stereocenters. The topological polar surface area (TPSA) is 34.9 Å². The van der Waals surface area contributed by atoms with Crippen LogP contribution in [0.3, 0.4) is 0 Å². The van der Waals surface area contributed by atoms with Crippen LogP contribution in [0.1, 0.15) is 16.3 Å². The molecule has 0 aliphatic rings. The highest BCUT2D eigenvalue weighted by Gasteiger charge is 2.19. The first-order valence-electron chi connectivity index (χ1n) is 8.87. The molecule has 0 N–H and O–H groups in total. The van der Waals surface area contributed by atoms with Gasteiger partial charge in [-0.05, 0) is 18.1 Å². The largest absolute Gasteiger partial charge is 0.293 e. The van der Waals surface area contributed by atoms with Gasteiger partial charge in [0, 0.05) is 16.9 Å². The number of benzene rings is 2. The summed E-state index contributed by atoms with van der Waals surface area (Å²) in [4.78, 5) is 19.8. The molecule has 3 nitrogen and oxygen atoms in total. The van der Waals surface area contributed by atoms with E-state index in [0.29, 0.717) is 17.6 Å². The molecule has 0 aliphatic heterocycles. The van der Waals surface area contributed by atoms with Gasteiger partial charge in [0.05, 0.1) is 11.9 Å². The third kappa shape index (κ3) is 3.30. The lowest BCUT2D eigenvalue weighted by atomic mass is 10.0. The molecule has 136 valence electrons. The first-order valence-corrected chi connectivity index (χ1v) is 9.69. The molecule has 0 amide bonds. The highest BCUT2D eigenvalue weighted by Crippen LogP contribution is 2.35. The van der Waals surface area contributed by atoms with E-state index in [4.69, 9.17) is 4.98 Å². The van der Waals surface area contributed by atoms with Crippen LogP contribution in [0.2, 0.25) is 0 Å². The van der Waals surface area contributed by atoms with Gasteiger partial charge in [-0.3, -0.25) is 9.36 Å². The van der Waals surface area contributed by atoms with Crippen LogP contribution >= 0.6 is 11.3 Å². The molecule has 0 aliphatic carbocycles. The number of fused-ring (bicyclic) bond motifs is 1. The molecule has 0 saturated carbocycles. The Morgan fingerprint density at radius 3 is 2.37 bits per heavy atom. The van der Waals surface area contributed by atoms with Crippen LogP contribution in [-0.2, 0) is 13.0 Å². The van der Waals surface area contributed by atoms with Gasteiger partial charge in [-0.15, -0.1) is 11.3 Å². The first kappa shape index (κ1) is 17.6. The van der Waals surface area contributed by atoms with Crippen molar-refractivity contribution < 1.29 is 4.39 Å². The zero-order valence-electron chi connectivity index (χ0n) is 15.0. The van der Waals surface area contributed by atoms with Crippen molar-refractivity contribution in [3.05, 3.63) is 87.3 Å². The maximum absolute atomic E-state index is 13.3. The number of thiophene rings is 1. The molecule has 5 heteroatoms. The lowest BCUT2D eigenvalue weighted by molar-refractivity contribution is 0.433. The second-order valence-electron chi connectivity index (χ2n) is 6.42. The minimum Gasteiger partial charge on any atom is -0.293 e. The zero-order valence-corrected chi connectivity index (χ0v) is 15.8. The molecule has 2 aromatic heterocycles. The van der Waals surface area contributed by atoms with Gasteiger partial charge in [0.15, 0.2) is 0 Å². The molecule has 0 bridgehead atoms. The summed E-state index contributed by atoms with van der Waals surface area (Å²) < 4.78 is 14.7. The smallest absolute Gasteiger partial charge is 0.263 e. The minimum atomic E-state index is -0.599. The second-order valence-corrected chi connectivity index (χ2v) is 7.62. The summed E-state index contributed by atoms with van der Waals surface area (Å²) in [7, 11) is 0. The number of halogens is 1. The van der Waals surface area contributed by atoms with Crippen LogP contribution in [0.4, 0.5) is 4.39 Å². The lowest BCUT2D eigenvalue weighted by Gasteiger charge is -2.12. The predicted octanol–water partition coefficient (Wildman–Crippen LogP) is 4.99. The zero-order chi connectivity index (χ0) is 18.8. The molecule has 0 fully saturated rings. The standard InChI is InChI=1S/C22H19FN2OS/c1-15-19(17-10-6-3-7-11-17)20-21(27-15)24-18(25(13-12-23)22(20)26)14-16-8-4-2-5-9-16/h2-11H,12-14H2,1H3. The summed E-state index contributed by atoms with van der Waals surface area (Å²) in [5, 5.41) is 0.592. The minimum absolute atomic E-state index is 0.0209. The van der Waals surface area contributed by atoms with Crippen LogP contribution in [-0.4, -0.2) is 16.2 Å². The van der Waals surface area contributed by atoms with Crippen molar-refractivity contribution >= 4 is 21.6 Å². The predicted molar refractivity (Wildman–Crippen MR) is 109 cm³/mol. The van der Waals surface area contributed by atoms with Gasteiger partial charge >= 0.3 is 0 Å². The summed E-state index contributed by atoms with van der Waals surface area (Å²) in [6.07, 6.45) is 0.504. The number of aryl methyl sites for hydroxylation is 1. The van der Waals surface area contributed by atoms with E-state index in [1.807, 2.05) is 67.6 Å². The Morgan fingerprint density at radius 1 is 1.04 bits per heavy atom. The third-order valence-electron chi connectivity index (χ3n) is 4.64. The normalized spacial score (nSPS) is 11.2. The van der Waals surface area contributed by atoms with E-state index in [9.17, 15) is 9.18 Å². The number of alkyl halides is 1. The molecule has 0 saturated heterocycles.